The van der Waals surface area contributed by atoms with Crippen LogP contribution >= 0.6 is 0 Å². The van der Waals surface area contributed by atoms with E-state index in [1.165, 1.54) is 5.56 Å². The van der Waals surface area contributed by atoms with Crippen molar-refractivity contribution in [2.24, 2.45) is 0 Å². The lowest BCUT2D eigenvalue weighted by Gasteiger charge is -2.07. The molecule has 0 bridgehead atoms. The van der Waals surface area contributed by atoms with Crippen LogP contribution in [0, 0.1) is 0 Å². The van der Waals surface area contributed by atoms with E-state index in [1.54, 1.807) is 6.20 Å². The van der Waals surface area contributed by atoms with Crippen LogP contribution in [0.2, 0.25) is 0 Å². The van der Waals surface area contributed by atoms with Crippen LogP contribution in [0.25, 0.3) is 0 Å². The number of aromatic nitrogens is 1. The van der Waals surface area contributed by atoms with Crippen LogP contribution in [-0.2, 0) is 11.2 Å². The Kier molecular flexibility index (Phi) is 5.12. The van der Waals surface area contributed by atoms with Gasteiger partial charge >= 0.3 is 0 Å². The summed E-state index contributed by atoms with van der Waals surface area (Å²) in [6.45, 7) is 2.65. The number of amides is 1. The molecule has 0 fully saturated rings. The molecule has 1 amide bonds. The zero-order valence-corrected chi connectivity index (χ0v) is 11.6. The van der Waals surface area contributed by atoms with Crippen molar-refractivity contribution in [1.82, 2.24) is 4.98 Å². The van der Waals surface area contributed by atoms with Gasteiger partial charge in [-0.3, -0.25) is 4.79 Å². The smallest absolute Gasteiger partial charge is 0.224 e. The molecule has 2 N–H and O–H groups in total. The number of anilines is 2. The van der Waals surface area contributed by atoms with Crippen LogP contribution < -0.4 is 10.6 Å². The van der Waals surface area contributed by atoms with E-state index in [1.807, 2.05) is 37.3 Å². The maximum atomic E-state index is 11.2. The molecule has 0 unspecified atom stereocenters. The Hall–Kier alpha value is -2.36. The van der Waals surface area contributed by atoms with E-state index in [0.29, 0.717) is 6.42 Å². The van der Waals surface area contributed by atoms with Gasteiger partial charge in [-0.05, 0) is 24.1 Å². The van der Waals surface area contributed by atoms with Crippen LogP contribution in [0.1, 0.15) is 18.9 Å². The largest absolute Gasteiger partial charge is 0.370 e. The van der Waals surface area contributed by atoms with Crippen molar-refractivity contribution >= 4 is 17.4 Å². The van der Waals surface area contributed by atoms with Crippen LogP contribution in [0.3, 0.4) is 0 Å². The zero-order valence-electron chi connectivity index (χ0n) is 11.6. The number of benzene rings is 1. The van der Waals surface area contributed by atoms with E-state index in [-0.39, 0.29) is 5.91 Å². The highest BCUT2D eigenvalue weighted by molar-refractivity contribution is 5.90. The summed E-state index contributed by atoms with van der Waals surface area (Å²) >= 11 is 0. The van der Waals surface area contributed by atoms with Crippen molar-refractivity contribution in [3.63, 3.8) is 0 Å². The number of hydrogen-bond acceptors (Lipinski definition) is 3. The molecule has 0 saturated carbocycles. The molecule has 2 aromatic rings. The van der Waals surface area contributed by atoms with Gasteiger partial charge in [-0.25, -0.2) is 4.98 Å². The average Bonchev–Trinajstić information content (AvgIpc) is 2.50. The van der Waals surface area contributed by atoms with E-state index in [0.717, 1.165) is 24.5 Å². The Balaban J connectivity index is 1.80. The molecule has 0 atom stereocenters. The van der Waals surface area contributed by atoms with Gasteiger partial charge in [0.25, 0.3) is 0 Å². The predicted octanol–water partition coefficient (Wildman–Crippen LogP) is 3.08. The Labute approximate surface area is 119 Å². The third-order valence-corrected chi connectivity index (χ3v) is 2.93. The quantitative estimate of drug-likeness (QED) is 0.847. The third-order valence-electron chi connectivity index (χ3n) is 2.93. The van der Waals surface area contributed by atoms with Crippen LogP contribution in [-0.4, -0.2) is 17.4 Å². The summed E-state index contributed by atoms with van der Waals surface area (Å²) < 4.78 is 0. The van der Waals surface area contributed by atoms with Gasteiger partial charge in [0.15, 0.2) is 0 Å². The molecule has 1 aromatic carbocycles. The summed E-state index contributed by atoms with van der Waals surface area (Å²) in [6.07, 6.45) is 3.09. The summed E-state index contributed by atoms with van der Waals surface area (Å²) in [6, 6.07) is 14.0. The number of rotatable bonds is 6. The first-order valence-corrected chi connectivity index (χ1v) is 6.81. The molecule has 1 aromatic heterocycles. The van der Waals surface area contributed by atoms with Crippen molar-refractivity contribution in [3.8, 4) is 0 Å². The minimum absolute atomic E-state index is 0.00316. The van der Waals surface area contributed by atoms with Gasteiger partial charge < -0.3 is 10.6 Å². The summed E-state index contributed by atoms with van der Waals surface area (Å²) in [5.41, 5.74) is 2.03. The highest BCUT2D eigenvalue weighted by Crippen LogP contribution is 2.10. The van der Waals surface area contributed by atoms with Crippen molar-refractivity contribution in [3.05, 3.63) is 54.2 Å². The van der Waals surface area contributed by atoms with Crippen molar-refractivity contribution in [2.75, 3.05) is 17.2 Å². The standard InChI is InChI=1S/C16H19N3O/c1-2-16(20)19-14-8-9-15(18-12-14)17-11-10-13-6-4-3-5-7-13/h3-9,12H,2,10-11H2,1H3,(H,17,18)(H,19,20). The molecular formula is C16H19N3O. The molecule has 104 valence electrons. The molecule has 0 radical (unpaired) electrons. The van der Waals surface area contributed by atoms with Gasteiger partial charge in [-0.15, -0.1) is 0 Å². The first-order chi connectivity index (χ1) is 9.78. The highest BCUT2D eigenvalue weighted by atomic mass is 16.1. The minimum Gasteiger partial charge on any atom is -0.370 e. The number of carbonyl (C=O) groups excluding carboxylic acids is 1. The lowest BCUT2D eigenvalue weighted by molar-refractivity contribution is -0.115. The average molecular weight is 269 g/mol. The fourth-order valence-corrected chi connectivity index (χ4v) is 1.80. The zero-order chi connectivity index (χ0) is 14.2. The number of pyridine rings is 1. The number of nitrogens with zero attached hydrogens (tertiary/aromatic N) is 1. The van der Waals surface area contributed by atoms with E-state index < -0.39 is 0 Å². The lowest BCUT2D eigenvalue weighted by atomic mass is 10.1. The molecule has 0 saturated heterocycles. The summed E-state index contributed by atoms with van der Waals surface area (Å²) in [5.74, 6) is 0.812. The SMILES string of the molecule is CCC(=O)Nc1ccc(NCCc2ccccc2)nc1. The molecule has 1 heterocycles. The summed E-state index contributed by atoms with van der Waals surface area (Å²) in [5, 5.41) is 6.04. The second kappa shape index (κ2) is 7.28. The Morgan fingerprint density at radius 3 is 2.60 bits per heavy atom. The Morgan fingerprint density at radius 2 is 1.95 bits per heavy atom. The molecular weight excluding hydrogens is 250 g/mol. The third kappa shape index (κ3) is 4.39. The highest BCUT2D eigenvalue weighted by Gasteiger charge is 2.00. The molecule has 0 aliphatic carbocycles. The lowest BCUT2D eigenvalue weighted by Crippen LogP contribution is -2.10. The molecule has 0 spiro atoms. The maximum absolute atomic E-state index is 11.2. The molecule has 4 heteroatoms. The number of nitrogens with one attached hydrogen (secondary N) is 2. The van der Waals surface area contributed by atoms with Gasteiger partial charge in [0.2, 0.25) is 5.91 Å². The first kappa shape index (κ1) is 14.1. The fraction of sp³-hybridized carbons (Fsp3) is 0.250. The normalized spacial score (nSPS) is 10.1. The molecule has 2 rings (SSSR count). The van der Waals surface area contributed by atoms with Crippen LogP contribution in [0.4, 0.5) is 11.5 Å². The molecule has 20 heavy (non-hydrogen) atoms. The Morgan fingerprint density at radius 1 is 1.15 bits per heavy atom. The topological polar surface area (TPSA) is 54.0 Å². The monoisotopic (exact) mass is 269 g/mol. The van der Waals surface area contributed by atoms with E-state index in [9.17, 15) is 4.79 Å². The fourth-order valence-electron chi connectivity index (χ4n) is 1.80. The summed E-state index contributed by atoms with van der Waals surface area (Å²) in [4.78, 5) is 15.5. The van der Waals surface area contributed by atoms with Crippen molar-refractivity contribution in [1.29, 1.82) is 0 Å². The van der Waals surface area contributed by atoms with E-state index in [4.69, 9.17) is 0 Å². The molecule has 0 aliphatic heterocycles. The van der Waals surface area contributed by atoms with Crippen LogP contribution in [0.5, 0.6) is 0 Å². The second-order valence-electron chi connectivity index (χ2n) is 4.50. The van der Waals surface area contributed by atoms with Gasteiger partial charge in [-0.2, -0.15) is 0 Å². The molecule has 0 aliphatic rings. The number of carbonyl (C=O) groups is 1. The second-order valence-corrected chi connectivity index (χ2v) is 4.50. The first-order valence-electron chi connectivity index (χ1n) is 6.81. The van der Waals surface area contributed by atoms with Gasteiger partial charge in [0.05, 0.1) is 11.9 Å². The summed E-state index contributed by atoms with van der Waals surface area (Å²) in [7, 11) is 0. The van der Waals surface area contributed by atoms with Crippen LogP contribution in [0.15, 0.2) is 48.7 Å². The molecule has 4 nitrogen and oxygen atoms in total. The Bertz CT molecular complexity index is 537. The maximum Gasteiger partial charge on any atom is 0.224 e. The van der Waals surface area contributed by atoms with Gasteiger partial charge in [0.1, 0.15) is 5.82 Å². The van der Waals surface area contributed by atoms with Gasteiger partial charge in [-0.1, -0.05) is 37.3 Å². The van der Waals surface area contributed by atoms with Crippen molar-refractivity contribution in [2.45, 2.75) is 19.8 Å². The number of hydrogen-bond donors (Lipinski definition) is 2. The van der Waals surface area contributed by atoms with E-state index in [2.05, 4.69) is 27.8 Å². The predicted molar refractivity (Wildman–Crippen MR) is 81.8 cm³/mol. The van der Waals surface area contributed by atoms with Gasteiger partial charge in [0, 0.05) is 13.0 Å². The van der Waals surface area contributed by atoms with E-state index >= 15 is 0 Å². The van der Waals surface area contributed by atoms with Crippen molar-refractivity contribution < 1.29 is 4.79 Å². The minimum atomic E-state index is -0.00316.